The van der Waals surface area contributed by atoms with Crippen LogP contribution < -0.4 is 4.74 Å². The van der Waals surface area contributed by atoms with Crippen LogP contribution >= 0.6 is 34.7 Å². The van der Waals surface area contributed by atoms with Gasteiger partial charge in [-0.05, 0) is 24.3 Å². The van der Waals surface area contributed by atoms with Crippen LogP contribution in [0.15, 0.2) is 34.8 Å². The summed E-state index contributed by atoms with van der Waals surface area (Å²) in [5.41, 5.74) is 1.07. The molecule has 0 saturated heterocycles. The lowest BCUT2D eigenvalue weighted by Gasteiger charge is -2.03. The van der Waals surface area contributed by atoms with Crippen LogP contribution in [0.25, 0.3) is 0 Å². The van der Waals surface area contributed by atoms with E-state index < -0.39 is 0 Å². The molecule has 0 amide bonds. The Morgan fingerprint density at radius 1 is 1.25 bits per heavy atom. The van der Waals surface area contributed by atoms with E-state index in [1.807, 2.05) is 12.1 Å². The standard InChI is InChI=1S/C16H17ClN4OS2/c1-10(2)15-18-12(8-23-15)9-24-16-19-14(20-21-16)7-22-13-5-3-11(17)4-6-13/h3-6,8,10H,7,9H2,1-2H3,(H,19,20,21). The van der Waals surface area contributed by atoms with Crippen molar-refractivity contribution in [2.75, 3.05) is 0 Å². The molecule has 2 heterocycles. The number of H-pyrrole nitrogens is 1. The van der Waals surface area contributed by atoms with Crippen molar-refractivity contribution in [3.8, 4) is 5.75 Å². The summed E-state index contributed by atoms with van der Waals surface area (Å²) >= 11 is 9.11. The highest BCUT2D eigenvalue weighted by Crippen LogP contribution is 2.24. The van der Waals surface area contributed by atoms with Gasteiger partial charge in [0.15, 0.2) is 5.82 Å². The zero-order valence-electron chi connectivity index (χ0n) is 13.3. The maximum absolute atomic E-state index is 5.84. The van der Waals surface area contributed by atoms with Gasteiger partial charge in [0.1, 0.15) is 12.4 Å². The van der Waals surface area contributed by atoms with Gasteiger partial charge in [-0.2, -0.15) is 0 Å². The predicted octanol–water partition coefficient (Wildman–Crippen LogP) is 4.91. The number of nitrogens with one attached hydrogen (secondary N) is 1. The molecule has 3 aromatic rings. The fourth-order valence-corrected chi connectivity index (χ4v) is 3.66. The van der Waals surface area contributed by atoms with E-state index in [9.17, 15) is 0 Å². The van der Waals surface area contributed by atoms with Crippen LogP contribution in [0, 0.1) is 0 Å². The molecule has 0 aliphatic rings. The average Bonchev–Trinajstić information content (AvgIpc) is 3.22. The highest BCUT2D eigenvalue weighted by Gasteiger charge is 2.09. The number of aromatic amines is 1. The summed E-state index contributed by atoms with van der Waals surface area (Å²) in [4.78, 5) is 9.03. The van der Waals surface area contributed by atoms with Crippen molar-refractivity contribution in [3.63, 3.8) is 0 Å². The molecule has 0 unspecified atom stereocenters. The summed E-state index contributed by atoms with van der Waals surface area (Å²) in [6.07, 6.45) is 0. The maximum atomic E-state index is 5.84. The van der Waals surface area contributed by atoms with Crippen LogP contribution in [0.5, 0.6) is 5.75 Å². The number of nitrogens with zero attached hydrogens (tertiary/aromatic N) is 3. The molecular weight excluding hydrogens is 364 g/mol. The van der Waals surface area contributed by atoms with Crippen molar-refractivity contribution in [3.05, 3.63) is 51.2 Å². The van der Waals surface area contributed by atoms with Gasteiger partial charge in [0.25, 0.3) is 0 Å². The van der Waals surface area contributed by atoms with Crippen molar-refractivity contribution < 1.29 is 4.74 Å². The third-order valence-electron chi connectivity index (χ3n) is 3.11. The normalized spacial score (nSPS) is 11.2. The fraction of sp³-hybridized carbons (Fsp3) is 0.312. The monoisotopic (exact) mass is 380 g/mol. The van der Waals surface area contributed by atoms with Crippen molar-refractivity contribution >= 4 is 34.7 Å². The maximum Gasteiger partial charge on any atom is 0.208 e. The first-order valence-electron chi connectivity index (χ1n) is 7.47. The van der Waals surface area contributed by atoms with E-state index in [4.69, 9.17) is 16.3 Å². The van der Waals surface area contributed by atoms with Gasteiger partial charge in [0.2, 0.25) is 5.16 Å². The van der Waals surface area contributed by atoms with Crippen molar-refractivity contribution in [1.29, 1.82) is 0 Å². The van der Waals surface area contributed by atoms with Gasteiger partial charge in [-0.15, -0.1) is 16.4 Å². The first-order chi connectivity index (χ1) is 11.6. The summed E-state index contributed by atoms with van der Waals surface area (Å²) < 4.78 is 5.64. The third-order valence-corrected chi connectivity index (χ3v) is 5.44. The second-order valence-corrected chi connectivity index (χ2v) is 7.70. The third kappa shape index (κ3) is 4.72. The number of rotatable bonds is 7. The molecule has 0 spiro atoms. The molecule has 0 aliphatic heterocycles. The van der Waals surface area contributed by atoms with Crippen LogP contribution in [0.1, 0.15) is 36.3 Å². The number of thiazole rings is 1. The molecule has 1 N–H and O–H groups in total. The Labute approximate surface area is 153 Å². The summed E-state index contributed by atoms with van der Waals surface area (Å²) in [5.74, 6) is 2.66. The largest absolute Gasteiger partial charge is 0.486 e. The Hall–Kier alpha value is -1.57. The van der Waals surface area contributed by atoms with E-state index in [1.54, 1.807) is 35.2 Å². The second kappa shape index (κ2) is 8.00. The molecule has 8 heteroatoms. The summed E-state index contributed by atoms with van der Waals surface area (Å²) in [7, 11) is 0. The lowest BCUT2D eigenvalue weighted by atomic mass is 10.2. The molecule has 0 fully saturated rings. The molecule has 3 rings (SSSR count). The van der Waals surface area contributed by atoms with Gasteiger partial charge in [-0.25, -0.2) is 9.97 Å². The summed E-state index contributed by atoms with van der Waals surface area (Å²) in [6.45, 7) is 4.64. The fourth-order valence-electron chi connectivity index (χ4n) is 1.88. The van der Waals surface area contributed by atoms with Crippen LogP contribution in [-0.2, 0) is 12.4 Å². The highest BCUT2D eigenvalue weighted by molar-refractivity contribution is 7.98. The van der Waals surface area contributed by atoms with Gasteiger partial charge in [0.05, 0.1) is 10.7 Å². The van der Waals surface area contributed by atoms with Crippen molar-refractivity contribution in [2.24, 2.45) is 0 Å². The molecule has 0 saturated carbocycles. The Balaban J connectivity index is 1.50. The minimum atomic E-state index is 0.337. The quantitative estimate of drug-likeness (QED) is 0.590. The second-order valence-electron chi connectivity index (χ2n) is 5.43. The van der Waals surface area contributed by atoms with E-state index in [-0.39, 0.29) is 0 Å². The van der Waals surface area contributed by atoms with Gasteiger partial charge in [-0.1, -0.05) is 37.2 Å². The summed E-state index contributed by atoms with van der Waals surface area (Å²) in [5, 5.41) is 11.7. The average molecular weight is 381 g/mol. The zero-order valence-corrected chi connectivity index (χ0v) is 15.7. The lowest BCUT2D eigenvalue weighted by molar-refractivity contribution is 0.296. The van der Waals surface area contributed by atoms with Crippen LogP contribution in [0.2, 0.25) is 5.02 Å². The lowest BCUT2D eigenvalue weighted by Crippen LogP contribution is -1.97. The first-order valence-corrected chi connectivity index (χ1v) is 9.71. The summed E-state index contributed by atoms with van der Waals surface area (Å²) in [6, 6.07) is 7.22. The van der Waals surface area contributed by atoms with Gasteiger partial charge >= 0.3 is 0 Å². The first kappa shape index (κ1) is 17.3. The molecular formula is C16H17ClN4OS2. The smallest absolute Gasteiger partial charge is 0.208 e. The molecule has 5 nitrogen and oxygen atoms in total. The number of hydrogen-bond donors (Lipinski definition) is 1. The van der Waals surface area contributed by atoms with Crippen molar-refractivity contribution in [1.82, 2.24) is 20.2 Å². The van der Waals surface area contributed by atoms with E-state index in [2.05, 4.69) is 39.4 Å². The SMILES string of the molecule is CC(C)c1nc(CSc2n[nH]c(COc3ccc(Cl)cc3)n2)cs1. The van der Waals surface area contributed by atoms with E-state index >= 15 is 0 Å². The molecule has 0 radical (unpaired) electrons. The van der Waals surface area contributed by atoms with Gasteiger partial charge in [0, 0.05) is 22.1 Å². The van der Waals surface area contributed by atoms with Crippen molar-refractivity contribution in [2.45, 2.75) is 37.3 Å². The minimum absolute atomic E-state index is 0.337. The predicted molar refractivity (Wildman–Crippen MR) is 97.9 cm³/mol. The zero-order chi connectivity index (χ0) is 16.9. The molecule has 2 aromatic heterocycles. The van der Waals surface area contributed by atoms with Crippen LogP contribution in [0.4, 0.5) is 0 Å². The molecule has 126 valence electrons. The number of benzene rings is 1. The number of aromatic nitrogens is 4. The van der Waals surface area contributed by atoms with Crippen LogP contribution in [-0.4, -0.2) is 20.2 Å². The molecule has 1 aromatic carbocycles. The Kier molecular flexibility index (Phi) is 5.76. The molecule has 24 heavy (non-hydrogen) atoms. The van der Waals surface area contributed by atoms with E-state index in [1.165, 1.54) is 0 Å². The molecule has 0 aliphatic carbocycles. The molecule has 0 atom stereocenters. The Bertz CT molecular complexity index is 785. The number of ether oxygens (including phenoxy) is 1. The van der Waals surface area contributed by atoms with Crippen LogP contribution in [0.3, 0.4) is 0 Å². The number of hydrogen-bond acceptors (Lipinski definition) is 6. The minimum Gasteiger partial charge on any atom is -0.486 e. The van der Waals surface area contributed by atoms with E-state index in [0.717, 1.165) is 22.2 Å². The topological polar surface area (TPSA) is 63.7 Å². The van der Waals surface area contributed by atoms with Gasteiger partial charge < -0.3 is 4.74 Å². The van der Waals surface area contributed by atoms with E-state index in [0.29, 0.717) is 28.5 Å². The number of halogens is 1. The Morgan fingerprint density at radius 2 is 2.04 bits per heavy atom. The Morgan fingerprint density at radius 3 is 2.75 bits per heavy atom. The highest BCUT2D eigenvalue weighted by atomic mass is 35.5. The number of thioether (sulfide) groups is 1. The molecule has 0 bridgehead atoms. The van der Waals surface area contributed by atoms with Gasteiger partial charge in [-0.3, -0.25) is 5.10 Å².